The summed E-state index contributed by atoms with van der Waals surface area (Å²) in [5, 5.41) is 2.38. The number of hydrogen-bond acceptors (Lipinski definition) is 2. The van der Waals surface area contributed by atoms with E-state index >= 15 is 0 Å². The van der Waals surface area contributed by atoms with Gasteiger partial charge >= 0.3 is 6.18 Å². The Kier molecular flexibility index (Phi) is 4.81. The Labute approximate surface area is 147 Å². The van der Waals surface area contributed by atoms with Crippen molar-refractivity contribution in [1.29, 1.82) is 0 Å². The van der Waals surface area contributed by atoms with E-state index in [9.17, 15) is 18.0 Å². The van der Waals surface area contributed by atoms with Gasteiger partial charge in [0, 0.05) is 11.3 Å². The third-order valence-electron chi connectivity index (χ3n) is 3.38. The van der Waals surface area contributed by atoms with Gasteiger partial charge in [-0.2, -0.15) is 13.2 Å². The highest BCUT2D eigenvalue weighted by atomic mass is 19.4. The maximum atomic E-state index is 12.7. The van der Waals surface area contributed by atoms with Gasteiger partial charge in [0.15, 0.2) is 11.5 Å². The highest BCUT2D eigenvalue weighted by molar-refractivity contribution is 6.02. The molecule has 130 valence electrons. The molecule has 0 unspecified atom stereocenters. The molecular formula is C20H12F3NO2. The second-order valence-corrected chi connectivity index (χ2v) is 5.31. The minimum Gasteiger partial charge on any atom is -0.443 e. The van der Waals surface area contributed by atoms with Crippen LogP contribution in [0.3, 0.4) is 0 Å². The molecule has 0 atom stereocenters. The highest BCUT2D eigenvalue weighted by Gasteiger charge is 2.30. The smallest absolute Gasteiger partial charge is 0.416 e. The van der Waals surface area contributed by atoms with Crippen molar-refractivity contribution in [2.75, 3.05) is 5.32 Å². The minimum absolute atomic E-state index is 0.0261. The van der Waals surface area contributed by atoms with Crippen LogP contribution in [0.2, 0.25) is 0 Å². The van der Waals surface area contributed by atoms with Gasteiger partial charge in [0.2, 0.25) is 0 Å². The van der Waals surface area contributed by atoms with Crippen molar-refractivity contribution in [3.63, 3.8) is 0 Å². The van der Waals surface area contributed by atoms with Gasteiger partial charge in [-0.3, -0.25) is 4.79 Å². The molecule has 26 heavy (non-hydrogen) atoms. The van der Waals surface area contributed by atoms with Crippen LogP contribution in [-0.2, 0) is 6.18 Å². The summed E-state index contributed by atoms with van der Waals surface area (Å²) in [5.41, 5.74) is -0.0267. The largest absolute Gasteiger partial charge is 0.443 e. The first-order valence-corrected chi connectivity index (χ1v) is 7.57. The van der Waals surface area contributed by atoms with Crippen molar-refractivity contribution in [2.24, 2.45) is 0 Å². The molecule has 1 heterocycles. The summed E-state index contributed by atoms with van der Waals surface area (Å²) < 4.78 is 43.5. The summed E-state index contributed by atoms with van der Waals surface area (Å²) in [5.74, 6) is 5.25. The van der Waals surface area contributed by atoms with Gasteiger partial charge in [0.25, 0.3) is 5.91 Å². The Balaban J connectivity index is 1.72. The SMILES string of the molecule is O=C(Nc1cccc(C(F)(F)F)c1)c1ccc(C#Cc2ccccc2)o1. The zero-order chi connectivity index (χ0) is 18.6. The molecule has 0 aliphatic carbocycles. The van der Waals surface area contributed by atoms with E-state index in [2.05, 4.69) is 17.2 Å². The van der Waals surface area contributed by atoms with Crippen LogP contribution < -0.4 is 5.32 Å². The third-order valence-corrected chi connectivity index (χ3v) is 3.38. The van der Waals surface area contributed by atoms with Crippen LogP contribution in [0.25, 0.3) is 0 Å². The quantitative estimate of drug-likeness (QED) is 0.661. The van der Waals surface area contributed by atoms with E-state index in [-0.39, 0.29) is 17.2 Å². The molecular weight excluding hydrogens is 343 g/mol. The molecule has 3 rings (SSSR count). The van der Waals surface area contributed by atoms with Gasteiger partial charge in [-0.1, -0.05) is 30.2 Å². The van der Waals surface area contributed by atoms with E-state index in [0.29, 0.717) is 0 Å². The molecule has 0 aliphatic rings. The lowest BCUT2D eigenvalue weighted by molar-refractivity contribution is -0.137. The van der Waals surface area contributed by atoms with E-state index in [1.165, 1.54) is 24.3 Å². The molecule has 0 bridgehead atoms. The summed E-state index contributed by atoms with van der Waals surface area (Å²) >= 11 is 0. The second kappa shape index (κ2) is 7.19. The molecule has 0 saturated heterocycles. The van der Waals surface area contributed by atoms with Crippen LogP contribution in [0.4, 0.5) is 18.9 Å². The Morgan fingerprint density at radius 1 is 0.923 bits per heavy atom. The van der Waals surface area contributed by atoms with Gasteiger partial charge in [0.1, 0.15) is 0 Å². The Morgan fingerprint density at radius 2 is 1.69 bits per heavy atom. The number of alkyl halides is 3. The van der Waals surface area contributed by atoms with Crippen molar-refractivity contribution in [3.8, 4) is 11.8 Å². The number of rotatable bonds is 2. The fraction of sp³-hybridized carbons (Fsp3) is 0.0500. The van der Waals surface area contributed by atoms with Crippen molar-refractivity contribution >= 4 is 11.6 Å². The van der Waals surface area contributed by atoms with E-state index in [1.54, 1.807) is 0 Å². The number of nitrogens with one attached hydrogen (secondary N) is 1. The van der Waals surface area contributed by atoms with Crippen molar-refractivity contribution in [3.05, 3.63) is 89.4 Å². The number of furan rings is 1. The van der Waals surface area contributed by atoms with Gasteiger partial charge in [-0.15, -0.1) is 0 Å². The van der Waals surface area contributed by atoms with Crippen molar-refractivity contribution in [1.82, 2.24) is 0 Å². The Bertz CT molecular complexity index is 979. The van der Waals surface area contributed by atoms with Crippen LogP contribution >= 0.6 is 0 Å². The maximum absolute atomic E-state index is 12.7. The summed E-state index contributed by atoms with van der Waals surface area (Å²) in [6.45, 7) is 0. The van der Waals surface area contributed by atoms with Crippen LogP contribution in [0.1, 0.15) is 27.4 Å². The fourth-order valence-electron chi connectivity index (χ4n) is 2.15. The minimum atomic E-state index is -4.48. The van der Waals surface area contributed by atoms with Gasteiger partial charge in [-0.05, 0) is 48.4 Å². The summed E-state index contributed by atoms with van der Waals surface area (Å²) in [6.07, 6.45) is -4.48. The van der Waals surface area contributed by atoms with Crippen molar-refractivity contribution in [2.45, 2.75) is 6.18 Å². The molecule has 0 saturated carbocycles. The van der Waals surface area contributed by atoms with E-state index < -0.39 is 17.6 Å². The number of carbonyl (C=O) groups is 1. The Hall–Kier alpha value is -3.46. The average molecular weight is 355 g/mol. The fourth-order valence-corrected chi connectivity index (χ4v) is 2.15. The molecule has 0 radical (unpaired) electrons. The third kappa shape index (κ3) is 4.33. The summed E-state index contributed by atoms with van der Waals surface area (Å²) in [6, 6.07) is 16.5. The number of benzene rings is 2. The number of hydrogen-bond donors (Lipinski definition) is 1. The Morgan fingerprint density at radius 3 is 2.42 bits per heavy atom. The second-order valence-electron chi connectivity index (χ2n) is 5.31. The number of carbonyl (C=O) groups excluding carboxylic acids is 1. The summed E-state index contributed by atoms with van der Waals surface area (Å²) in [7, 11) is 0. The molecule has 2 aromatic carbocycles. The van der Waals surface area contributed by atoms with Gasteiger partial charge in [-0.25, -0.2) is 0 Å². The standard InChI is InChI=1S/C20H12F3NO2/c21-20(22,23)15-7-4-8-16(13-15)24-19(25)18-12-11-17(26-18)10-9-14-5-2-1-3-6-14/h1-8,11-13H,(H,24,25). The molecule has 3 aromatic rings. The predicted octanol–water partition coefficient (Wildman–Crippen LogP) is 4.95. The van der Waals surface area contributed by atoms with Crippen LogP contribution in [-0.4, -0.2) is 5.91 Å². The first kappa shape index (κ1) is 17.4. The summed E-state index contributed by atoms with van der Waals surface area (Å²) in [4.78, 5) is 12.1. The average Bonchev–Trinajstić information content (AvgIpc) is 3.10. The van der Waals surface area contributed by atoms with Crippen LogP contribution in [0, 0.1) is 11.8 Å². The molecule has 0 spiro atoms. The van der Waals surface area contributed by atoms with Gasteiger partial charge < -0.3 is 9.73 Å². The molecule has 0 fully saturated rings. The normalized spacial score (nSPS) is 10.7. The maximum Gasteiger partial charge on any atom is 0.416 e. The predicted molar refractivity (Wildman–Crippen MR) is 90.5 cm³/mol. The molecule has 6 heteroatoms. The first-order valence-electron chi connectivity index (χ1n) is 7.57. The molecule has 0 aliphatic heterocycles. The van der Waals surface area contributed by atoms with E-state index in [4.69, 9.17) is 4.42 Å². The van der Waals surface area contributed by atoms with Crippen LogP contribution in [0.15, 0.2) is 71.1 Å². The highest BCUT2D eigenvalue weighted by Crippen LogP contribution is 2.30. The molecule has 1 aromatic heterocycles. The zero-order valence-electron chi connectivity index (χ0n) is 13.3. The number of halogens is 3. The van der Waals surface area contributed by atoms with E-state index in [0.717, 1.165) is 17.7 Å². The molecule has 3 nitrogen and oxygen atoms in total. The van der Waals surface area contributed by atoms with Gasteiger partial charge in [0.05, 0.1) is 5.56 Å². The van der Waals surface area contributed by atoms with E-state index in [1.807, 2.05) is 30.3 Å². The first-order chi connectivity index (χ1) is 12.4. The van der Waals surface area contributed by atoms with Crippen LogP contribution in [0.5, 0.6) is 0 Å². The number of anilines is 1. The zero-order valence-corrected chi connectivity index (χ0v) is 13.3. The lowest BCUT2D eigenvalue weighted by Crippen LogP contribution is -2.12. The number of amides is 1. The lowest BCUT2D eigenvalue weighted by Gasteiger charge is -2.09. The monoisotopic (exact) mass is 355 g/mol. The molecule has 1 N–H and O–H groups in total. The van der Waals surface area contributed by atoms with Crippen molar-refractivity contribution < 1.29 is 22.4 Å². The topological polar surface area (TPSA) is 42.2 Å². The lowest BCUT2D eigenvalue weighted by atomic mass is 10.2. The molecule has 1 amide bonds.